The van der Waals surface area contributed by atoms with E-state index in [-0.39, 0.29) is 0 Å². The summed E-state index contributed by atoms with van der Waals surface area (Å²) in [5, 5.41) is 9.28. The highest BCUT2D eigenvalue weighted by Crippen LogP contribution is 2.27. The Kier molecular flexibility index (Phi) is 3.83. The van der Waals surface area contributed by atoms with Crippen LogP contribution < -0.4 is 10.6 Å². The lowest BCUT2D eigenvalue weighted by atomic mass is 9.96. The van der Waals surface area contributed by atoms with E-state index in [4.69, 9.17) is 5.73 Å². The Morgan fingerprint density at radius 2 is 2.11 bits per heavy atom. The predicted octanol–water partition coefficient (Wildman–Crippen LogP) is 1.75. The van der Waals surface area contributed by atoms with Crippen molar-refractivity contribution in [2.45, 2.75) is 26.7 Å². The first-order chi connectivity index (χ1) is 8.65. The number of aromatic nitrogens is 1. The number of pyridine rings is 1. The van der Waals surface area contributed by atoms with Crippen LogP contribution in [0.3, 0.4) is 0 Å². The minimum atomic E-state index is 0.635. The summed E-state index contributed by atoms with van der Waals surface area (Å²) in [5.41, 5.74) is 9.27. The number of nitriles is 1. The van der Waals surface area contributed by atoms with Crippen LogP contribution in [0.15, 0.2) is 6.07 Å². The van der Waals surface area contributed by atoms with Gasteiger partial charge in [-0.05, 0) is 45.2 Å². The third-order valence-corrected chi connectivity index (χ3v) is 3.71. The van der Waals surface area contributed by atoms with Crippen LogP contribution in [0.2, 0.25) is 0 Å². The van der Waals surface area contributed by atoms with Crippen molar-refractivity contribution >= 4 is 5.69 Å². The summed E-state index contributed by atoms with van der Waals surface area (Å²) in [7, 11) is 0. The highest BCUT2D eigenvalue weighted by molar-refractivity contribution is 5.61. The molecular weight excluding hydrogens is 224 g/mol. The molecule has 0 atom stereocenters. The van der Waals surface area contributed by atoms with E-state index >= 15 is 0 Å². The molecule has 0 aromatic carbocycles. The van der Waals surface area contributed by atoms with Crippen LogP contribution in [0, 0.1) is 31.1 Å². The summed E-state index contributed by atoms with van der Waals surface area (Å²) >= 11 is 0. The molecule has 4 nitrogen and oxygen atoms in total. The summed E-state index contributed by atoms with van der Waals surface area (Å²) in [6.45, 7) is 6.62. The molecule has 2 N–H and O–H groups in total. The number of hydrogen-bond donors (Lipinski definition) is 1. The molecule has 0 unspecified atom stereocenters. The van der Waals surface area contributed by atoms with Gasteiger partial charge in [-0.2, -0.15) is 5.26 Å². The minimum absolute atomic E-state index is 0.635. The number of nitrogens with zero attached hydrogens (tertiary/aromatic N) is 3. The first kappa shape index (κ1) is 12.8. The highest BCUT2D eigenvalue weighted by Gasteiger charge is 2.21. The van der Waals surface area contributed by atoms with E-state index in [1.165, 1.54) is 0 Å². The molecule has 96 valence electrons. The number of nitrogens with two attached hydrogens (primary N) is 1. The van der Waals surface area contributed by atoms with Crippen LogP contribution in [0.1, 0.15) is 29.8 Å². The molecule has 0 spiro atoms. The maximum Gasteiger partial charge on any atom is 0.103 e. The average Bonchev–Trinajstić information content (AvgIpc) is 2.38. The van der Waals surface area contributed by atoms with Gasteiger partial charge in [0.25, 0.3) is 0 Å². The van der Waals surface area contributed by atoms with Crippen LogP contribution in [0.4, 0.5) is 5.69 Å². The van der Waals surface area contributed by atoms with Gasteiger partial charge in [0, 0.05) is 18.8 Å². The predicted molar refractivity (Wildman–Crippen MR) is 72.4 cm³/mol. The van der Waals surface area contributed by atoms with Gasteiger partial charge in [0.2, 0.25) is 0 Å². The van der Waals surface area contributed by atoms with Crippen molar-refractivity contribution in [1.29, 1.82) is 5.26 Å². The zero-order valence-corrected chi connectivity index (χ0v) is 11.1. The Morgan fingerprint density at radius 1 is 1.44 bits per heavy atom. The molecule has 18 heavy (non-hydrogen) atoms. The highest BCUT2D eigenvalue weighted by atomic mass is 15.1. The van der Waals surface area contributed by atoms with Gasteiger partial charge in [-0.1, -0.05) is 0 Å². The van der Waals surface area contributed by atoms with Crippen LogP contribution in [0.5, 0.6) is 0 Å². The van der Waals surface area contributed by atoms with E-state index in [2.05, 4.69) is 16.0 Å². The average molecular weight is 244 g/mol. The Morgan fingerprint density at radius 3 is 2.67 bits per heavy atom. The Hall–Kier alpha value is -1.60. The van der Waals surface area contributed by atoms with Gasteiger partial charge < -0.3 is 10.6 Å². The SMILES string of the molecule is Cc1cc(N2CCC(CN)CC2)c(C#N)c(C)n1. The molecule has 1 aliphatic heterocycles. The lowest BCUT2D eigenvalue weighted by Crippen LogP contribution is -2.36. The van der Waals surface area contributed by atoms with Gasteiger partial charge in [-0.3, -0.25) is 4.98 Å². The number of piperidine rings is 1. The fourth-order valence-corrected chi connectivity index (χ4v) is 2.61. The first-order valence-electron chi connectivity index (χ1n) is 6.49. The molecule has 1 aliphatic rings. The van der Waals surface area contributed by atoms with Crippen molar-refractivity contribution in [3.8, 4) is 6.07 Å². The standard InChI is InChI=1S/C14H20N4/c1-10-7-14(13(9-16)11(2)17-10)18-5-3-12(8-15)4-6-18/h7,12H,3-6,8,15H2,1-2H3. The summed E-state index contributed by atoms with van der Waals surface area (Å²) in [6.07, 6.45) is 2.23. The zero-order chi connectivity index (χ0) is 13.1. The van der Waals surface area contributed by atoms with Gasteiger partial charge >= 0.3 is 0 Å². The molecule has 0 bridgehead atoms. The first-order valence-corrected chi connectivity index (χ1v) is 6.49. The zero-order valence-electron chi connectivity index (χ0n) is 11.1. The van der Waals surface area contributed by atoms with Crippen LogP contribution >= 0.6 is 0 Å². The molecule has 1 aromatic rings. The van der Waals surface area contributed by atoms with Gasteiger partial charge in [0.1, 0.15) is 6.07 Å². The van der Waals surface area contributed by atoms with E-state index in [1.54, 1.807) is 0 Å². The van der Waals surface area contributed by atoms with Crippen molar-refractivity contribution < 1.29 is 0 Å². The summed E-state index contributed by atoms with van der Waals surface area (Å²) < 4.78 is 0. The normalized spacial score (nSPS) is 16.7. The molecular formula is C14H20N4. The topological polar surface area (TPSA) is 65.9 Å². The molecule has 2 rings (SSSR count). The van der Waals surface area contributed by atoms with Crippen molar-refractivity contribution in [2.75, 3.05) is 24.5 Å². The Labute approximate surface area is 108 Å². The molecule has 1 fully saturated rings. The molecule has 0 amide bonds. The summed E-state index contributed by atoms with van der Waals surface area (Å²) in [6, 6.07) is 4.31. The maximum absolute atomic E-state index is 9.28. The van der Waals surface area contributed by atoms with Crippen molar-refractivity contribution in [3.05, 3.63) is 23.0 Å². The third-order valence-electron chi connectivity index (χ3n) is 3.71. The molecule has 0 aliphatic carbocycles. The molecule has 1 aromatic heterocycles. The smallest absolute Gasteiger partial charge is 0.103 e. The largest absolute Gasteiger partial charge is 0.370 e. The molecule has 1 saturated heterocycles. The summed E-state index contributed by atoms with van der Waals surface area (Å²) in [5.74, 6) is 0.635. The second-order valence-corrected chi connectivity index (χ2v) is 5.02. The molecule has 2 heterocycles. The second-order valence-electron chi connectivity index (χ2n) is 5.02. The van der Waals surface area contributed by atoms with Crippen LogP contribution in [-0.2, 0) is 0 Å². The van der Waals surface area contributed by atoms with Crippen molar-refractivity contribution in [1.82, 2.24) is 4.98 Å². The number of hydrogen-bond acceptors (Lipinski definition) is 4. The third kappa shape index (κ3) is 2.46. The lowest BCUT2D eigenvalue weighted by Gasteiger charge is -2.33. The van der Waals surface area contributed by atoms with E-state index in [9.17, 15) is 5.26 Å². The fourth-order valence-electron chi connectivity index (χ4n) is 2.61. The van der Waals surface area contributed by atoms with Crippen LogP contribution in [0.25, 0.3) is 0 Å². The molecule has 0 radical (unpaired) electrons. The Balaban J connectivity index is 2.26. The van der Waals surface area contributed by atoms with Crippen molar-refractivity contribution in [3.63, 3.8) is 0 Å². The fraction of sp³-hybridized carbons (Fsp3) is 0.571. The Bertz CT molecular complexity index is 467. The van der Waals surface area contributed by atoms with Gasteiger partial charge in [-0.25, -0.2) is 0 Å². The second kappa shape index (κ2) is 5.36. The number of rotatable bonds is 2. The van der Waals surface area contributed by atoms with E-state index in [0.717, 1.165) is 49.6 Å². The van der Waals surface area contributed by atoms with E-state index in [0.29, 0.717) is 11.5 Å². The molecule has 0 saturated carbocycles. The number of aryl methyl sites for hydroxylation is 2. The molecule has 4 heteroatoms. The minimum Gasteiger partial charge on any atom is -0.370 e. The van der Waals surface area contributed by atoms with Gasteiger partial charge in [0.15, 0.2) is 0 Å². The quantitative estimate of drug-likeness (QED) is 0.860. The monoisotopic (exact) mass is 244 g/mol. The summed E-state index contributed by atoms with van der Waals surface area (Å²) in [4.78, 5) is 6.66. The maximum atomic E-state index is 9.28. The van der Waals surface area contributed by atoms with Gasteiger partial charge in [0.05, 0.1) is 16.9 Å². The van der Waals surface area contributed by atoms with Gasteiger partial charge in [-0.15, -0.1) is 0 Å². The van der Waals surface area contributed by atoms with E-state index < -0.39 is 0 Å². The van der Waals surface area contributed by atoms with Crippen LogP contribution in [-0.4, -0.2) is 24.6 Å². The van der Waals surface area contributed by atoms with E-state index in [1.807, 2.05) is 19.9 Å². The van der Waals surface area contributed by atoms with Crippen molar-refractivity contribution in [2.24, 2.45) is 11.7 Å². The lowest BCUT2D eigenvalue weighted by molar-refractivity contribution is 0.414. The number of anilines is 1.